The van der Waals surface area contributed by atoms with E-state index in [1.807, 2.05) is 12.1 Å². The van der Waals surface area contributed by atoms with Gasteiger partial charge in [0.25, 0.3) is 5.56 Å². The molecule has 1 aromatic carbocycles. The Kier molecular flexibility index (Phi) is 3.93. The number of benzene rings is 1. The molecule has 0 bridgehead atoms. The van der Waals surface area contributed by atoms with Crippen LogP contribution in [0.5, 0.6) is 5.88 Å². The van der Waals surface area contributed by atoms with Gasteiger partial charge in [0.05, 0.1) is 0 Å². The first-order valence-electron chi connectivity index (χ1n) is 5.00. The van der Waals surface area contributed by atoms with Crippen molar-refractivity contribution < 1.29 is 5.11 Å². The van der Waals surface area contributed by atoms with Crippen LogP contribution in [0, 0.1) is 0 Å². The number of thioether (sulfide) groups is 1. The van der Waals surface area contributed by atoms with Crippen LogP contribution in [-0.4, -0.2) is 21.3 Å². The Morgan fingerprint density at radius 1 is 1.39 bits per heavy atom. The highest BCUT2D eigenvalue weighted by Crippen LogP contribution is 2.23. The minimum atomic E-state index is -0.408. The predicted molar refractivity (Wildman–Crippen MR) is 75.7 cm³/mol. The third-order valence-electron chi connectivity index (χ3n) is 2.19. The maximum Gasteiger partial charge on any atom is 0.279 e. The van der Waals surface area contributed by atoms with E-state index in [0.717, 1.165) is 4.47 Å². The number of anilines is 2. The summed E-state index contributed by atoms with van der Waals surface area (Å²) in [6.07, 6.45) is 1.76. The van der Waals surface area contributed by atoms with Crippen LogP contribution in [0.25, 0.3) is 0 Å². The van der Waals surface area contributed by atoms with Gasteiger partial charge in [0.2, 0.25) is 5.88 Å². The third kappa shape index (κ3) is 2.85. The van der Waals surface area contributed by atoms with Gasteiger partial charge in [0, 0.05) is 10.2 Å². The van der Waals surface area contributed by atoms with Gasteiger partial charge in [-0.25, -0.2) is 0 Å². The molecule has 0 saturated heterocycles. The number of hydrogen-bond acceptors (Lipinski definition) is 5. The van der Waals surface area contributed by atoms with Gasteiger partial charge in [0.15, 0.2) is 10.8 Å². The fourth-order valence-corrected chi connectivity index (χ4v) is 1.96. The van der Waals surface area contributed by atoms with Crippen LogP contribution in [0.2, 0.25) is 0 Å². The van der Waals surface area contributed by atoms with Crippen LogP contribution < -0.4 is 10.9 Å². The van der Waals surface area contributed by atoms with Crippen LogP contribution in [-0.2, 0) is 0 Å². The van der Waals surface area contributed by atoms with E-state index in [-0.39, 0.29) is 11.6 Å². The molecule has 0 spiro atoms. The van der Waals surface area contributed by atoms with E-state index in [4.69, 9.17) is 0 Å². The van der Waals surface area contributed by atoms with Crippen LogP contribution in [0.15, 0.2) is 38.7 Å². The van der Waals surface area contributed by atoms with Crippen LogP contribution in [0.3, 0.4) is 0 Å². The fourth-order valence-electron chi connectivity index (χ4n) is 1.33. The first-order chi connectivity index (χ1) is 8.60. The van der Waals surface area contributed by atoms with E-state index in [1.165, 1.54) is 11.8 Å². The Morgan fingerprint density at radius 3 is 2.61 bits per heavy atom. The maximum atomic E-state index is 11.8. The summed E-state index contributed by atoms with van der Waals surface area (Å²) in [5, 5.41) is 12.9. The number of aromatic hydroxyl groups is 1. The molecule has 0 fully saturated rings. The second-order valence-electron chi connectivity index (χ2n) is 3.41. The van der Waals surface area contributed by atoms with E-state index in [1.54, 1.807) is 18.4 Å². The molecule has 0 aliphatic heterocycles. The van der Waals surface area contributed by atoms with E-state index in [0.29, 0.717) is 10.8 Å². The standard InChI is InChI=1S/C11H10BrN3O2S/c1-18-11-14-9(16)8(10(17)15-11)13-7-4-2-6(12)3-5-7/h2-5,13H,1H3,(H2,14,15,16,17). The van der Waals surface area contributed by atoms with Gasteiger partial charge in [-0.15, -0.1) is 0 Å². The Morgan fingerprint density at radius 2 is 2.06 bits per heavy atom. The van der Waals surface area contributed by atoms with Crippen molar-refractivity contribution >= 4 is 39.1 Å². The van der Waals surface area contributed by atoms with Crippen LogP contribution in [0.4, 0.5) is 11.4 Å². The van der Waals surface area contributed by atoms with Crippen molar-refractivity contribution in [1.29, 1.82) is 0 Å². The number of halogens is 1. The molecule has 0 saturated carbocycles. The zero-order chi connectivity index (χ0) is 13.1. The van der Waals surface area contributed by atoms with Crippen molar-refractivity contribution in [1.82, 2.24) is 9.97 Å². The molecule has 7 heteroatoms. The molecule has 18 heavy (non-hydrogen) atoms. The molecule has 0 radical (unpaired) electrons. The maximum absolute atomic E-state index is 11.8. The van der Waals surface area contributed by atoms with Crippen LogP contribution in [0.1, 0.15) is 0 Å². The molecule has 0 unspecified atom stereocenters. The Labute approximate surface area is 116 Å². The minimum absolute atomic E-state index is 0.0372. The lowest BCUT2D eigenvalue weighted by molar-refractivity contribution is 0.447. The van der Waals surface area contributed by atoms with Crippen LogP contribution >= 0.6 is 27.7 Å². The van der Waals surface area contributed by atoms with Crippen molar-refractivity contribution in [3.63, 3.8) is 0 Å². The van der Waals surface area contributed by atoms with Gasteiger partial charge in [-0.3, -0.25) is 9.78 Å². The molecule has 0 aliphatic rings. The van der Waals surface area contributed by atoms with E-state index in [9.17, 15) is 9.90 Å². The second-order valence-corrected chi connectivity index (χ2v) is 5.12. The zero-order valence-corrected chi connectivity index (χ0v) is 11.8. The summed E-state index contributed by atoms with van der Waals surface area (Å²) in [6.45, 7) is 0. The lowest BCUT2D eigenvalue weighted by Crippen LogP contribution is -2.13. The summed E-state index contributed by atoms with van der Waals surface area (Å²) in [5.74, 6) is -0.314. The lowest BCUT2D eigenvalue weighted by Gasteiger charge is -2.07. The molecule has 1 aromatic heterocycles. The quantitative estimate of drug-likeness (QED) is 0.596. The molecular formula is C11H10BrN3O2S. The summed E-state index contributed by atoms with van der Waals surface area (Å²) in [7, 11) is 0. The monoisotopic (exact) mass is 327 g/mol. The Bertz CT molecular complexity index is 613. The van der Waals surface area contributed by atoms with E-state index in [2.05, 4.69) is 31.2 Å². The first kappa shape index (κ1) is 13.0. The van der Waals surface area contributed by atoms with Crippen molar-refractivity contribution in [2.24, 2.45) is 0 Å². The number of hydrogen-bond donors (Lipinski definition) is 3. The topological polar surface area (TPSA) is 78.0 Å². The van der Waals surface area contributed by atoms with Gasteiger partial charge in [-0.2, -0.15) is 4.98 Å². The average Bonchev–Trinajstić information content (AvgIpc) is 2.35. The second kappa shape index (κ2) is 5.45. The molecule has 0 aliphatic carbocycles. The van der Waals surface area contributed by atoms with E-state index < -0.39 is 5.56 Å². The van der Waals surface area contributed by atoms with Gasteiger partial charge >= 0.3 is 0 Å². The SMILES string of the molecule is CSc1nc(O)c(Nc2ccc(Br)cc2)c(=O)[nH]1. The van der Waals surface area contributed by atoms with Gasteiger partial charge in [-0.05, 0) is 30.5 Å². The Hall–Kier alpha value is -1.47. The largest absolute Gasteiger partial charge is 0.492 e. The van der Waals surface area contributed by atoms with Crippen molar-refractivity contribution in [3.8, 4) is 5.88 Å². The molecule has 1 heterocycles. The number of nitrogens with zero attached hydrogens (tertiary/aromatic N) is 1. The smallest absolute Gasteiger partial charge is 0.279 e. The zero-order valence-electron chi connectivity index (χ0n) is 9.40. The van der Waals surface area contributed by atoms with Crippen molar-refractivity contribution in [2.75, 3.05) is 11.6 Å². The highest BCUT2D eigenvalue weighted by molar-refractivity contribution is 9.10. The summed E-state index contributed by atoms with van der Waals surface area (Å²) in [6, 6.07) is 7.23. The van der Waals surface area contributed by atoms with Gasteiger partial charge in [-0.1, -0.05) is 27.7 Å². The fraction of sp³-hybridized carbons (Fsp3) is 0.0909. The number of rotatable bonds is 3. The lowest BCUT2D eigenvalue weighted by atomic mass is 10.3. The molecule has 0 atom stereocenters. The third-order valence-corrected chi connectivity index (χ3v) is 3.29. The molecule has 5 nitrogen and oxygen atoms in total. The molecule has 0 amide bonds. The first-order valence-corrected chi connectivity index (χ1v) is 7.02. The minimum Gasteiger partial charge on any atom is -0.492 e. The summed E-state index contributed by atoms with van der Waals surface area (Å²) >= 11 is 4.57. The average molecular weight is 328 g/mol. The number of H-pyrrole nitrogens is 1. The summed E-state index contributed by atoms with van der Waals surface area (Å²) < 4.78 is 0.932. The van der Waals surface area contributed by atoms with Gasteiger partial charge in [0.1, 0.15) is 0 Å². The number of aromatic nitrogens is 2. The summed E-state index contributed by atoms with van der Waals surface area (Å²) in [5.41, 5.74) is 0.322. The molecule has 94 valence electrons. The molecular weight excluding hydrogens is 318 g/mol. The predicted octanol–water partition coefficient (Wildman–Crippen LogP) is 2.70. The highest BCUT2D eigenvalue weighted by atomic mass is 79.9. The van der Waals surface area contributed by atoms with Gasteiger partial charge < -0.3 is 10.4 Å². The number of aromatic amines is 1. The Balaban J connectivity index is 2.35. The summed E-state index contributed by atoms with van der Waals surface area (Å²) in [4.78, 5) is 18.2. The number of nitrogens with one attached hydrogen (secondary N) is 2. The van der Waals surface area contributed by atoms with E-state index >= 15 is 0 Å². The normalized spacial score (nSPS) is 10.3. The van der Waals surface area contributed by atoms with Crippen molar-refractivity contribution in [2.45, 2.75) is 5.16 Å². The molecule has 3 N–H and O–H groups in total. The molecule has 2 rings (SSSR count). The van der Waals surface area contributed by atoms with Crippen molar-refractivity contribution in [3.05, 3.63) is 39.1 Å². The highest BCUT2D eigenvalue weighted by Gasteiger charge is 2.10. The molecule has 2 aromatic rings.